The van der Waals surface area contributed by atoms with Crippen LogP contribution in [0.1, 0.15) is 11.1 Å². The molecule has 0 atom stereocenters. The van der Waals surface area contributed by atoms with Crippen molar-refractivity contribution in [2.75, 3.05) is 44.1 Å². The van der Waals surface area contributed by atoms with Crippen LogP contribution in [-0.4, -0.2) is 63.5 Å². The SMILES string of the molecule is Cc1ccccc1NS(=O)(=O)c1ccc(OCC(=O)N2CCN(C/C=C/c3ccccc3)CC2)cc1. The van der Waals surface area contributed by atoms with Crippen molar-refractivity contribution in [3.8, 4) is 5.75 Å². The number of para-hydroxylation sites is 1. The van der Waals surface area contributed by atoms with Crippen LogP contribution < -0.4 is 9.46 Å². The first-order valence-electron chi connectivity index (χ1n) is 11.9. The van der Waals surface area contributed by atoms with Crippen molar-refractivity contribution in [2.45, 2.75) is 11.8 Å². The van der Waals surface area contributed by atoms with E-state index in [1.807, 2.05) is 42.2 Å². The molecule has 1 amide bonds. The Balaban J connectivity index is 1.22. The lowest BCUT2D eigenvalue weighted by Crippen LogP contribution is -2.49. The van der Waals surface area contributed by atoms with E-state index in [0.29, 0.717) is 24.5 Å². The first-order chi connectivity index (χ1) is 17.4. The van der Waals surface area contributed by atoms with Gasteiger partial charge in [-0.1, -0.05) is 60.7 Å². The molecule has 7 nitrogen and oxygen atoms in total. The number of hydrogen-bond donors (Lipinski definition) is 1. The Bertz CT molecular complexity index is 1280. The van der Waals surface area contributed by atoms with Gasteiger partial charge >= 0.3 is 0 Å². The van der Waals surface area contributed by atoms with Crippen molar-refractivity contribution in [1.29, 1.82) is 0 Å². The Labute approximate surface area is 213 Å². The summed E-state index contributed by atoms with van der Waals surface area (Å²) in [6.07, 6.45) is 4.26. The fourth-order valence-corrected chi connectivity index (χ4v) is 5.06. The van der Waals surface area contributed by atoms with Crippen molar-refractivity contribution in [2.24, 2.45) is 0 Å². The molecule has 1 N–H and O–H groups in total. The average molecular weight is 506 g/mol. The highest BCUT2D eigenvalue weighted by Gasteiger charge is 2.21. The van der Waals surface area contributed by atoms with E-state index in [1.54, 1.807) is 24.3 Å². The Morgan fingerprint density at radius 3 is 2.28 bits per heavy atom. The first-order valence-corrected chi connectivity index (χ1v) is 13.4. The molecule has 3 aromatic rings. The maximum atomic E-state index is 12.7. The van der Waals surface area contributed by atoms with Crippen molar-refractivity contribution in [1.82, 2.24) is 9.80 Å². The Morgan fingerprint density at radius 1 is 0.917 bits per heavy atom. The third kappa shape index (κ3) is 6.96. The molecule has 0 unspecified atom stereocenters. The van der Waals surface area contributed by atoms with Gasteiger partial charge in [0, 0.05) is 32.7 Å². The van der Waals surface area contributed by atoms with Crippen LogP contribution in [0.5, 0.6) is 5.75 Å². The van der Waals surface area contributed by atoms with Crippen LogP contribution in [0.15, 0.2) is 89.8 Å². The number of nitrogens with zero attached hydrogens (tertiary/aromatic N) is 2. The second-order valence-corrected chi connectivity index (χ2v) is 10.4. The zero-order chi connectivity index (χ0) is 25.4. The number of carbonyl (C=O) groups excluding carboxylic acids is 1. The highest BCUT2D eigenvalue weighted by molar-refractivity contribution is 7.92. The van der Waals surface area contributed by atoms with Gasteiger partial charge in [0.2, 0.25) is 0 Å². The third-order valence-corrected chi connectivity index (χ3v) is 7.47. The van der Waals surface area contributed by atoms with Crippen LogP contribution in [0.3, 0.4) is 0 Å². The molecule has 0 aliphatic carbocycles. The number of nitrogens with one attached hydrogen (secondary N) is 1. The highest BCUT2D eigenvalue weighted by Crippen LogP contribution is 2.21. The van der Waals surface area contributed by atoms with Gasteiger partial charge in [-0.2, -0.15) is 0 Å². The molecule has 0 radical (unpaired) electrons. The molecule has 1 saturated heterocycles. The predicted molar refractivity (Wildman–Crippen MR) is 142 cm³/mol. The van der Waals surface area contributed by atoms with E-state index < -0.39 is 10.0 Å². The average Bonchev–Trinajstić information content (AvgIpc) is 2.90. The first kappa shape index (κ1) is 25.5. The van der Waals surface area contributed by atoms with E-state index in [0.717, 1.165) is 25.2 Å². The van der Waals surface area contributed by atoms with E-state index in [4.69, 9.17) is 4.74 Å². The largest absolute Gasteiger partial charge is 0.484 e. The molecule has 1 fully saturated rings. The molecular formula is C28H31N3O4S. The summed E-state index contributed by atoms with van der Waals surface area (Å²) in [4.78, 5) is 16.8. The van der Waals surface area contributed by atoms with Gasteiger partial charge in [-0.15, -0.1) is 0 Å². The number of aryl methyl sites for hydroxylation is 1. The molecule has 0 spiro atoms. The molecule has 1 heterocycles. The van der Waals surface area contributed by atoms with Gasteiger partial charge in [0.1, 0.15) is 5.75 Å². The second-order valence-electron chi connectivity index (χ2n) is 8.67. The van der Waals surface area contributed by atoms with E-state index in [9.17, 15) is 13.2 Å². The van der Waals surface area contributed by atoms with Crippen molar-refractivity contribution in [3.63, 3.8) is 0 Å². The zero-order valence-corrected chi connectivity index (χ0v) is 21.2. The molecule has 36 heavy (non-hydrogen) atoms. The standard InChI is InChI=1S/C28H31N3O4S/c1-23-8-5-6-12-27(23)29-36(33,34)26-15-13-25(14-16-26)35-22-28(32)31-20-18-30(19-21-31)17-7-11-24-9-3-2-4-10-24/h2-16,29H,17-22H2,1H3/b11-7+. The van der Waals surface area contributed by atoms with Crippen LogP contribution in [-0.2, 0) is 14.8 Å². The van der Waals surface area contributed by atoms with Gasteiger partial charge in [-0.25, -0.2) is 8.42 Å². The smallest absolute Gasteiger partial charge is 0.261 e. The van der Waals surface area contributed by atoms with Gasteiger partial charge < -0.3 is 9.64 Å². The number of ether oxygens (including phenoxy) is 1. The summed E-state index contributed by atoms with van der Waals surface area (Å²) >= 11 is 0. The molecule has 3 aromatic carbocycles. The Hall–Kier alpha value is -3.62. The van der Waals surface area contributed by atoms with Crippen LogP contribution in [0.2, 0.25) is 0 Å². The minimum Gasteiger partial charge on any atom is -0.484 e. The van der Waals surface area contributed by atoms with Gasteiger partial charge in [-0.05, 0) is 48.4 Å². The van der Waals surface area contributed by atoms with Crippen molar-refractivity contribution >= 4 is 27.7 Å². The number of hydrogen-bond acceptors (Lipinski definition) is 5. The fourth-order valence-electron chi connectivity index (χ4n) is 3.92. The van der Waals surface area contributed by atoms with Crippen LogP contribution in [0, 0.1) is 6.92 Å². The number of anilines is 1. The second kappa shape index (κ2) is 11.9. The number of carbonyl (C=O) groups is 1. The Morgan fingerprint density at radius 2 is 1.58 bits per heavy atom. The van der Waals surface area contributed by atoms with Gasteiger partial charge in [-0.3, -0.25) is 14.4 Å². The summed E-state index contributed by atoms with van der Waals surface area (Å²) in [5.74, 6) is 0.371. The lowest BCUT2D eigenvalue weighted by molar-refractivity contribution is -0.135. The lowest BCUT2D eigenvalue weighted by Gasteiger charge is -2.34. The topological polar surface area (TPSA) is 78.9 Å². The molecule has 0 bridgehead atoms. The zero-order valence-electron chi connectivity index (χ0n) is 20.3. The maximum Gasteiger partial charge on any atom is 0.261 e. The van der Waals surface area contributed by atoms with Crippen LogP contribution >= 0.6 is 0 Å². The molecule has 4 rings (SSSR count). The van der Waals surface area contributed by atoms with E-state index in [2.05, 4.69) is 33.9 Å². The lowest BCUT2D eigenvalue weighted by atomic mass is 10.2. The maximum absolute atomic E-state index is 12.7. The normalized spacial score (nSPS) is 14.6. The summed E-state index contributed by atoms with van der Waals surface area (Å²) < 4.78 is 33.6. The number of rotatable bonds is 9. The van der Waals surface area contributed by atoms with Crippen molar-refractivity contribution < 1.29 is 17.9 Å². The summed E-state index contributed by atoms with van der Waals surface area (Å²) in [5.41, 5.74) is 2.55. The van der Waals surface area contributed by atoms with Gasteiger partial charge in [0.05, 0.1) is 10.6 Å². The summed E-state index contributed by atoms with van der Waals surface area (Å²) in [7, 11) is -3.72. The van der Waals surface area contributed by atoms with E-state index >= 15 is 0 Å². The van der Waals surface area contributed by atoms with Gasteiger partial charge in [0.25, 0.3) is 15.9 Å². The summed E-state index contributed by atoms with van der Waals surface area (Å²) in [5, 5.41) is 0. The molecular weight excluding hydrogens is 474 g/mol. The quantitative estimate of drug-likeness (QED) is 0.475. The van der Waals surface area contributed by atoms with Crippen LogP contribution in [0.25, 0.3) is 6.08 Å². The minimum atomic E-state index is -3.72. The number of amides is 1. The molecule has 188 valence electrons. The van der Waals surface area contributed by atoms with Crippen LogP contribution in [0.4, 0.5) is 5.69 Å². The van der Waals surface area contributed by atoms with Gasteiger partial charge in [0.15, 0.2) is 6.61 Å². The molecule has 0 aromatic heterocycles. The third-order valence-electron chi connectivity index (χ3n) is 6.08. The molecule has 1 aliphatic rings. The minimum absolute atomic E-state index is 0.0765. The number of sulfonamides is 1. The van der Waals surface area contributed by atoms with Crippen molar-refractivity contribution in [3.05, 3.63) is 96.1 Å². The Kier molecular flexibility index (Phi) is 8.40. The molecule has 8 heteroatoms. The fraction of sp³-hybridized carbons (Fsp3) is 0.250. The summed E-state index contributed by atoms with van der Waals surface area (Å²) in [6, 6.07) is 23.5. The molecule has 1 aliphatic heterocycles. The molecule has 0 saturated carbocycles. The van der Waals surface area contributed by atoms with E-state index in [-0.39, 0.29) is 17.4 Å². The number of piperazine rings is 1. The predicted octanol–water partition coefficient (Wildman–Crippen LogP) is 4.03. The summed E-state index contributed by atoms with van der Waals surface area (Å²) in [6.45, 7) is 5.54. The highest BCUT2D eigenvalue weighted by atomic mass is 32.2. The monoisotopic (exact) mass is 505 g/mol. The van der Waals surface area contributed by atoms with E-state index in [1.165, 1.54) is 17.7 Å². The number of benzene rings is 3.